The Morgan fingerprint density at radius 1 is 1.29 bits per heavy atom. The molecule has 1 aliphatic rings. The van der Waals surface area contributed by atoms with Crippen molar-refractivity contribution in [1.82, 2.24) is 5.32 Å². The third-order valence-corrected chi connectivity index (χ3v) is 6.11. The van der Waals surface area contributed by atoms with Crippen molar-refractivity contribution in [1.29, 1.82) is 0 Å². The Morgan fingerprint density at radius 3 is 2.67 bits per heavy atom. The molecule has 0 bridgehead atoms. The highest BCUT2D eigenvalue weighted by Crippen LogP contribution is 2.24. The van der Waals surface area contributed by atoms with E-state index >= 15 is 0 Å². The van der Waals surface area contributed by atoms with Gasteiger partial charge in [-0.3, -0.25) is 0 Å². The molecular weight excluding hydrogens is 282 g/mol. The fraction of sp³-hybridized carbons (Fsp3) is 0.647. The molecule has 1 saturated heterocycles. The van der Waals surface area contributed by atoms with E-state index in [-0.39, 0.29) is 0 Å². The van der Waals surface area contributed by atoms with Gasteiger partial charge in [0.25, 0.3) is 0 Å². The summed E-state index contributed by atoms with van der Waals surface area (Å²) in [5.74, 6) is 1.05. The number of sulfone groups is 1. The summed E-state index contributed by atoms with van der Waals surface area (Å²) in [5, 5.41) is 3.57. The maximum atomic E-state index is 11.7. The Morgan fingerprint density at radius 2 is 2.05 bits per heavy atom. The summed E-state index contributed by atoms with van der Waals surface area (Å²) in [5.41, 5.74) is 1.37. The predicted molar refractivity (Wildman–Crippen MR) is 88.2 cm³/mol. The maximum Gasteiger partial charge on any atom is 0.150 e. The first-order chi connectivity index (χ1) is 10.1. The SMILES string of the molecule is CCCNC(CCCc1ccccc1)C1CCS(=O)(=O)C1. The molecule has 3 nitrogen and oxygen atoms in total. The highest BCUT2D eigenvalue weighted by atomic mass is 32.2. The van der Waals surface area contributed by atoms with Crippen LogP contribution in [0.2, 0.25) is 0 Å². The van der Waals surface area contributed by atoms with Crippen molar-refractivity contribution >= 4 is 9.84 Å². The van der Waals surface area contributed by atoms with Gasteiger partial charge in [0.1, 0.15) is 0 Å². The Labute approximate surface area is 129 Å². The zero-order valence-electron chi connectivity index (χ0n) is 12.9. The van der Waals surface area contributed by atoms with Crippen LogP contribution in [-0.4, -0.2) is 32.5 Å². The molecule has 0 saturated carbocycles. The van der Waals surface area contributed by atoms with Gasteiger partial charge in [-0.25, -0.2) is 8.42 Å². The Hall–Kier alpha value is -0.870. The average Bonchev–Trinajstić information content (AvgIpc) is 2.84. The second-order valence-electron chi connectivity index (χ2n) is 6.10. The number of aryl methyl sites for hydroxylation is 1. The van der Waals surface area contributed by atoms with Crippen LogP contribution < -0.4 is 5.32 Å². The molecule has 21 heavy (non-hydrogen) atoms. The number of rotatable bonds is 8. The molecule has 0 aliphatic carbocycles. The van der Waals surface area contributed by atoms with Gasteiger partial charge >= 0.3 is 0 Å². The third kappa shape index (κ3) is 5.44. The van der Waals surface area contributed by atoms with Crippen molar-refractivity contribution in [3.8, 4) is 0 Å². The van der Waals surface area contributed by atoms with Gasteiger partial charge < -0.3 is 5.32 Å². The highest BCUT2D eigenvalue weighted by Gasteiger charge is 2.32. The van der Waals surface area contributed by atoms with Gasteiger partial charge in [0, 0.05) is 6.04 Å². The van der Waals surface area contributed by atoms with Crippen molar-refractivity contribution in [2.24, 2.45) is 5.92 Å². The fourth-order valence-corrected chi connectivity index (χ4v) is 5.03. The van der Waals surface area contributed by atoms with Crippen LogP contribution >= 0.6 is 0 Å². The van der Waals surface area contributed by atoms with Gasteiger partial charge in [-0.2, -0.15) is 0 Å². The average molecular weight is 309 g/mol. The predicted octanol–water partition coefficient (Wildman–Crippen LogP) is 2.81. The first kappa shape index (κ1) is 16.5. The molecule has 4 heteroatoms. The van der Waals surface area contributed by atoms with E-state index in [9.17, 15) is 8.42 Å². The van der Waals surface area contributed by atoms with E-state index in [1.807, 2.05) is 6.07 Å². The highest BCUT2D eigenvalue weighted by molar-refractivity contribution is 7.91. The minimum atomic E-state index is -2.78. The molecule has 2 rings (SSSR count). The normalized spacial score (nSPS) is 22.2. The lowest BCUT2D eigenvalue weighted by Gasteiger charge is -2.24. The standard InChI is InChI=1S/C17H27NO2S/c1-2-12-18-17(16-11-13-21(19,20)14-16)10-6-9-15-7-4-3-5-8-15/h3-5,7-8,16-18H,2,6,9-14H2,1H3. The monoisotopic (exact) mass is 309 g/mol. The molecule has 0 spiro atoms. The molecule has 0 radical (unpaired) electrons. The lowest BCUT2D eigenvalue weighted by atomic mass is 9.93. The van der Waals surface area contributed by atoms with Crippen molar-refractivity contribution in [3.63, 3.8) is 0 Å². The van der Waals surface area contributed by atoms with Gasteiger partial charge in [0.15, 0.2) is 9.84 Å². The summed E-state index contributed by atoms with van der Waals surface area (Å²) in [4.78, 5) is 0. The summed E-state index contributed by atoms with van der Waals surface area (Å²) in [6.45, 7) is 3.13. The minimum Gasteiger partial charge on any atom is -0.314 e. The van der Waals surface area contributed by atoms with Gasteiger partial charge in [-0.15, -0.1) is 0 Å². The Bertz CT molecular complexity index is 513. The van der Waals surface area contributed by atoms with Gasteiger partial charge in [0.05, 0.1) is 11.5 Å². The molecule has 2 unspecified atom stereocenters. The molecule has 2 atom stereocenters. The first-order valence-electron chi connectivity index (χ1n) is 8.08. The molecule has 1 aromatic rings. The van der Waals surface area contributed by atoms with E-state index < -0.39 is 9.84 Å². The summed E-state index contributed by atoms with van der Waals surface area (Å²) in [6.07, 6.45) is 5.17. The maximum absolute atomic E-state index is 11.7. The summed E-state index contributed by atoms with van der Waals surface area (Å²) in [6, 6.07) is 10.9. The van der Waals surface area contributed by atoms with Crippen molar-refractivity contribution in [3.05, 3.63) is 35.9 Å². The fourth-order valence-electron chi connectivity index (χ4n) is 3.15. The number of nitrogens with one attached hydrogen (secondary N) is 1. The lowest BCUT2D eigenvalue weighted by Crippen LogP contribution is -2.37. The molecule has 1 N–H and O–H groups in total. The first-order valence-corrected chi connectivity index (χ1v) is 9.90. The largest absolute Gasteiger partial charge is 0.314 e. The van der Waals surface area contributed by atoms with Crippen LogP contribution in [0.1, 0.15) is 38.2 Å². The zero-order chi connectivity index (χ0) is 15.1. The number of hydrogen-bond donors (Lipinski definition) is 1. The van der Waals surface area contributed by atoms with Crippen molar-refractivity contribution < 1.29 is 8.42 Å². The van der Waals surface area contributed by atoms with Crippen LogP contribution in [0.25, 0.3) is 0 Å². The second-order valence-corrected chi connectivity index (χ2v) is 8.33. The van der Waals surface area contributed by atoms with E-state index in [4.69, 9.17) is 0 Å². The van der Waals surface area contributed by atoms with Gasteiger partial charge in [0.2, 0.25) is 0 Å². The minimum absolute atomic E-state index is 0.303. The van der Waals surface area contributed by atoms with Crippen LogP contribution in [0.3, 0.4) is 0 Å². The Kier molecular flexibility index (Phi) is 6.24. The Balaban J connectivity index is 1.85. The second kappa shape index (κ2) is 7.95. The lowest BCUT2D eigenvalue weighted by molar-refractivity contribution is 0.355. The van der Waals surface area contributed by atoms with Crippen LogP contribution in [0.15, 0.2) is 30.3 Å². The summed E-state index contributed by atoms with van der Waals surface area (Å²) >= 11 is 0. The van der Waals surface area contributed by atoms with E-state index in [0.29, 0.717) is 23.5 Å². The van der Waals surface area contributed by atoms with Crippen LogP contribution in [0.5, 0.6) is 0 Å². The molecule has 1 heterocycles. The van der Waals surface area contributed by atoms with Crippen LogP contribution in [0.4, 0.5) is 0 Å². The molecule has 0 aromatic heterocycles. The quantitative estimate of drug-likeness (QED) is 0.803. The van der Waals surface area contributed by atoms with E-state index in [0.717, 1.165) is 38.6 Å². The zero-order valence-corrected chi connectivity index (χ0v) is 13.7. The third-order valence-electron chi connectivity index (χ3n) is 4.32. The van der Waals surface area contributed by atoms with Crippen molar-refractivity contribution in [2.45, 2.75) is 45.1 Å². The number of benzene rings is 1. The number of hydrogen-bond acceptors (Lipinski definition) is 3. The van der Waals surface area contributed by atoms with E-state index in [1.54, 1.807) is 0 Å². The van der Waals surface area contributed by atoms with Crippen LogP contribution in [0, 0.1) is 5.92 Å². The van der Waals surface area contributed by atoms with Crippen LogP contribution in [-0.2, 0) is 16.3 Å². The molecule has 1 aromatic carbocycles. The molecule has 118 valence electrons. The topological polar surface area (TPSA) is 46.2 Å². The molecule has 0 amide bonds. The van der Waals surface area contributed by atoms with E-state index in [1.165, 1.54) is 5.56 Å². The van der Waals surface area contributed by atoms with E-state index in [2.05, 4.69) is 36.5 Å². The van der Waals surface area contributed by atoms with Gasteiger partial charge in [-0.1, -0.05) is 37.3 Å². The molecule has 1 aliphatic heterocycles. The van der Waals surface area contributed by atoms with Gasteiger partial charge in [-0.05, 0) is 50.1 Å². The summed E-state index contributed by atoms with van der Waals surface area (Å²) < 4.78 is 23.4. The molecule has 1 fully saturated rings. The molecular formula is C17H27NO2S. The van der Waals surface area contributed by atoms with Crippen molar-refractivity contribution in [2.75, 3.05) is 18.1 Å². The smallest absolute Gasteiger partial charge is 0.150 e. The summed E-state index contributed by atoms with van der Waals surface area (Å²) in [7, 11) is -2.78.